The Bertz CT molecular complexity index is 928. The van der Waals surface area contributed by atoms with Gasteiger partial charge in [-0.3, -0.25) is 4.79 Å². The highest BCUT2D eigenvalue weighted by atomic mass is 32.2. The Morgan fingerprint density at radius 3 is 2.32 bits per heavy atom. The van der Waals surface area contributed by atoms with E-state index >= 15 is 0 Å². The molecule has 0 spiro atoms. The standard InChI is InChI=1S/C22H29NO4S/c1-16(2)27-20-11-7-8-17(13-20)14-21(24)23-19-10-6-9-18(12-19)15-28(25,26)22(3,4)5/h6-13,16H,14-15H2,1-5H3,(H,23,24). The second kappa shape index (κ2) is 8.78. The fraction of sp³-hybridized carbons (Fsp3) is 0.409. The number of sulfone groups is 1. The van der Waals surface area contributed by atoms with Gasteiger partial charge in [0.25, 0.3) is 0 Å². The van der Waals surface area contributed by atoms with E-state index < -0.39 is 14.6 Å². The first kappa shape index (κ1) is 22.0. The summed E-state index contributed by atoms with van der Waals surface area (Å²) in [7, 11) is -3.29. The van der Waals surface area contributed by atoms with Gasteiger partial charge in [-0.15, -0.1) is 0 Å². The molecular formula is C22H29NO4S. The predicted octanol–water partition coefficient (Wildman–Crippen LogP) is 4.37. The van der Waals surface area contributed by atoms with Gasteiger partial charge in [0.1, 0.15) is 5.75 Å². The maximum Gasteiger partial charge on any atom is 0.228 e. The molecule has 2 aromatic carbocycles. The summed E-state index contributed by atoms with van der Waals surface area (Å²) < 4.78 is 29.6. The van der Waals surface area contributed by atoms with Crippen molar-refractivity contribution in [2.45, 2.75) is 57.6 Å². The third-order valence-electron chi connectivity index (χ3n) is 4.14. The summed E-state index contributed by atoms with van der Waals surface area (Å²) in [6.45, 7) is 8.96. The van der Waals surface area contributed by atoms with Crippen molar-refractivity contribution in [3.05, 3.63) is 59.7 Å². The van der Waals surface area contributed by atoms with Gasteiger partial charge < -0.3 is 10.1 Å². The average Bonchev–Trinajstić information content (AvgIpc) is 2.53. The molecule has 0 heterocycles. The zero-order valence-corrected chi connectivity index (χ0v) is 18.0. The summed E-state index contributed by atoms with van der Waals surface area (Å²) in [5, 5.41) is 2.84. The Morgan fingerprint density at radius 2 is 1.68 bits per heavy atom. The van der Waals surface area contributed by atoms with Gasteiger partial charge in [0, 0.05) is 5.69 Å². The molecule has 0 bridgehead atoms. The first-order valence-electron chi connectivity index (χ1n) is 9.33. The quantitative estimate of drug-likeness (QED) is 0.745. The van der Waals surface area contributed by atoms with Crippen LogP contribution in [-0.4, -0.2) is 25.2 Å². The highest BCUT2D eigenvalue weighted by Gasteiger charge is 2.29. The minimum absolute atomic E-state index is 0.0607. The minimum Gasteiger partial charge on any atom is -0.491 e. The van der Waals surface area contributed by atoms with E-state index in [1.165, 1.54) is 0 Å². The summed E-state index contributed by atoms with van der Waals surface area (Å²) in [6, 6.07) is 14.4. The number of hydrogen-bond acceptors (Lipinski definition) is 4. The predicted molar refractivity (Wildman–Crippen MR) is 113 cm³/mol. The molecule has 0 saturated heterocycles. The lowest BCUT2D eigenvalue weighted by atomic mass is 10.1. The maximum absolute atomic E-state index is 12.4. The van der Waals surface area contributed by atoms with Crippen LogP contribution >= 0.6 is 0 Å². The highest BCUT2D eigenvalue weighted by molar-refractivity contribution is 7.91. The Kier molecular flexibility index (Phi) is 6.88. The molecule has 6 heteroatoms. The summed E-state index contributed by atoms with van der Waals surface area (Å²) in [5.41, 5.74) is 2.09. The Morgan fingerprint density at radius 1 is 1.04 bits per heavy atom. The number of rotatable bonds is 7. The molecule has 0 saturated carbocycles. The average molecular weight is 404 g/mol. The lowest BCUT2D eigenvalue weighted by Gasteiger charge is -2.19. The van der Waals surface area contributed by atoms with Crippen LogP contribution in [-0.2, 0) is 26.8 Å². The number of nitrogens with one attached hydrogen (secondary N) is 1. The molecule has 0 aromatic heterocycles. The number of amides is 1. The van der Waals surface area contributed by atoms with E-state index in [2.05, 4.69) is 5.32 Å². The zero-order valence-electron chi connectivity index (χ0n) is 17.2. The van der Waals surface area contributed by atoms with E-state index in [-0.39, 0.29) is 24.2 Å². The van der Waals surface area contributed by atoms with Crippen LogP contribution in [0.15, 0.2) is 48.5 Å². The van der Waals surface area contributed by atoms with Gasteiger partial charge in [-0.25, -0.2) is 8.42 Å². The Hall–Kier alpha value is -2.34. The van der Waals surface area contributed by atoms with Crippen molar-refractivity contribution >= 4 is 21.4 Å². The number of anilines is 1. The smallest absolute Gasteiger partial charge is 0.228 e. The second-order valence-corrected chi connectivity index (χ2v) is 10.9. The van der Waals surface area contributed by atoms with Gasteiger partial charge >= 0.3 is 0 Å². The second-order valence-electron chi connectivity index (χ2n) is 8.11. The molecule has 0 unspecified atom stereocenters. The van der Waals surface area contributed by atoms with Crippen LogP contribution in [0.3, 0.4) is 0 Å². The van der Waals surface area contributed by atoms with Gasteiger partial charge in [-0.05, 0) is 70.0 Å². The number of benzene rings is 2. The maximum atomic E-state index is 12.4. The molecule has 0 atom stereocenters. The van der Waals surface area contributed by atoms with Gasteiger partial charge in [-0.1, -0.05) is 24.3 Å². The summed E-state index contributed by atoms with van der Waals surface area (Å²) >= 11 is 0. The third-order valence-corrected chi connectivity index (χ3v) is 6.71. The molecule has 1 amide bonds. The number of carbonyl (C=O) groups excluding carboxylic acids is 1. The lowest BCUT2D eigenvalue weighted by molar-refractivity contribution is -0.115. The van der Waals surface area contributed by atoms with Crippen molar-refractivity contribution in [2.75, 3.05) is 5.32 Å². The summed E-state index contributed by atoms with van der Waals surface area (Å²) in [5.74, 6) is 0.502. The molecule has 152 valence electrons. The van der Waals surface area contributed by atoms with Crippen LogP contribution in [0, 0.1) is 0 Å². The van der Waals surface area contributed by atoms with E-state index in [9.17, 15) is 13.2 Å². The minimum atomic E-state index is -3.29. The van der Waals surface area contributed by atoms with Crippen molar-refractivity contribution < 1.29 is 17.9 Å². The van der Waals surface area contributed by atoms with Crippen LogP contribution in [0.2, 0.25) is 0 Å². The normalized spacial score (nSPS) is 12.1. The Labute approximate surface area is 168 Å². The molecule has 5 nitrogen and oxygen atoms in total. The van der Waals surface area contributed by atoms with Gasteiger partial charge in [0.15, 0.2) is 9.84 Å². The van der Waals surface area contributed by atoms with E-state index in [0.29, 0.717) is 11.3 Å². The van der Waals surface area contributed by atoms with Crippen LogP contribution in [0.1, 0.15) is 45.7 Å². The fourth-order valence-corrected chi connectivity index (χ4v) is 3.62. The molecule has 2 rings (SSSR count). The zero-order chi connectivity index (χ0) is 20.9. The molecule has 0 aliphatic rings. The third kappa shape index (κ3) is 6.37. The van der Waals surface area contributed by atoms with Crippen LogP contribution < -0.4 is 10.1 Å². The number of carbonyl (C=O) groups is 1. The van der Waals surface area contributed by atoms with Crippen molar-refractivity contribution in [3.8, 4) is 5.75 Å². The summed E-state index contributed by atoms with van der Waals surface area (Å²) in [4.78, 5) is 12.4. The van der Waals surface area contributed by atoms with Crippen LogP contribution in [0.5, 0.6) is 5.75 Å². The monoisotopic (exact) mass is 403 g/mol. The molecule has 0 aliphatic heterocycles. The van der Waals surface area contributed by atoms with Crippen LogP contribution in [0.25, 0.3) is 0 Å². The highest BCUT2D eigenvalue weighted by Crippen LogP contribution is 2.22. The van der Waals surface area contributed by atoms with E-state index in [1.807, 2.05) is 38.1 Å². The van der Waals surface area contributed by atoms with Gasteiger partial charge in [0.2, 0.25) is 5.91 Å². The van der Waals surface area contributed by atoms with E-state index in [4.69, 9.17) is 4.74 Å². The first-order chi connectivity index (χ1) is 13.0. The van der Waals surface area contributed by atoms with E-state index in [1.54, 1.807) is 45.0 Å². The molecule has 1 N–H and O–H groups in total. The van der Waals surface area contributed by atoms with Gasteiger partial charge in [-0.2, -0.15) is 0 Å². The topological polar surface area (TPSA) is 72.5 Å². The van der Waals surface area contributed by atoms with Crippen LogP contribution in [0.4, 0.5) is 5.69 Å². The van der Waals surface area contributed by atoms with Crippen molar-refractivity contribution in [2.24, 2.45) is 0 Å². The van der Waals surface area contributed by atoms with Crippen molar-refractivity contribution in [1.82, 2.24) is 0 Å². The SMILES string of the molecule is CC(C)Oc1cccc(CC(=O)Nc2cccc(CS(=O)(=O)C(C)(C)C)c2)c1. The van der Waals surface area contributed by atoms with E-state index in [0.717, 1.165) is 11.3 Å². The lowest BCUT2D eigenvalue weighted by Crippen LogP contribution is -2.29. The van der Waals surface area contributed by atoms with Crippen molar-refractivity contribution in [3.63, 3.8) is 0 Å². The molecule has 0 radical (unpaired) electrons. The first-order valence-corrected chi connectivity index (χ1v) is 11.0. The molecule has 0 aliphatic carbocycles. The fourth-order valence-electron chi connectivity index (χ4n) is 2.57. The molecular weight excluding hydrogens is 374 g/mol. The molecule has 0 fully saturated rings. The van der Waals surface area contributed by atoms with Gasteiger partial charge in [0.05, 0.1) is 23.0 Å². The number of hydrogen-bond donors (Lipinski definition) is 1. The molecule has 28 heavy (non-hydrogen) atoms. The summed E-state index contributed by atoms with van der Waals surface area (Å²) in [6.07, 6.45) is 0.274. The largest absolute Gasteiger partial charge is 0.491 e. The van der Waals surface area contributed by atoms with Crippen molar-refractivity contribution in [1.29, 1.82) is 0 Å². The Balaban J connectivity index is 2.05. The molecule has 2 aromatic rings. The number of ether oxygens (including phenoxy) is 1.